The van der Waals surface area contributed by atoms with Crippen molar-refractivity contribution < 1.29 is 4.79 Å². The van der Waals surface area contributed by atoms with E-state index >= 15 is 0 Å². The van der Waals surface area contributed by atoms with Gasteiger partial charge in [0.2, 0.25) is 5.91 Å². The van der Waals surface area contributed by atoms with Gasteiger partial charge in [-0.05, 0) is 24.3 Å². The average Bonchev–Trinajstić information content (AvgIpc) is 2.60. The molecule has 0 unspecified atom stereocenters. The van der Waals surface area contributed by atoms with Gasteiger partial charge in [0.25, 0.3) is 0 Å². The molecule has 0 aliphatic rings. The fourth-order valence-corrected chi connectivity index (χ4v) is 1.92. The highest BCUT2D eigenvalue weighted by Gasteiger charge is 2.04. The van der Waals surface area contributed by atoms with Crippen LogP contribution in [0, 0.1) is 0 Å². The molecule has 2 rings (SSSR count). The van der Waals surface area contributed by atoms with Gasteiger partial charge < -0.3 is 9.88 Å². The van der Waals surface area contributed by atoms with Crippen LogP contribution in [0.15, 0.2) is 34.9 Å². The quantitative estimate of drug-likeness (QED) is 0.888. The van der Waals surface area contributed by atoms with Crippen molar-refractivity contribution in [1.82, 2.24) is 9.88 Å². The SMILES string of the molecule is CNC(=O)Cn1ccc2cc(Br)ccc21. The van der Waals surface area contributed by atoms with Gasteiger partial charge in [0.15, 0.2) is 0 Å². The van der Waals surface area contributed by atoms with Crippen molar-refractivity contribution in [2.24, 2.45) is 0 Å². The predicted molar refractivity (Wildman–Crippen MR) is 63.7 cm³/mol. The highest BCUT2D eigenvalue weighted by atomic mass is 79.9. The molecule has 0 bridgehead atoms. The minimum absolute atomic E-state index is 0.00965. The monoisotopic (exact) mass is 266 g/mol. The fraction of sp³-hybridized carbons (Fsp3) is 0.182. The topological polar surface area (TPSA) is 34.0 Å². The third-order valence-electron chi connectivity index (χ3n) is 2.33. The van der Waals surface area contributed by atoms with Gasteiger partial charge in [-0.15, -0.1) is 0 Å². The van der Waals surface area contributed by atoms with E-state index in [4.69, 9.17) is 0 Å². The number of fused-ring (bicyclic) bond motifs is 1. The van der Waals surface area contributed by atoms with Crippen LogP contribution in [0.1, 0.15) is 0 Å². The molecule has 0 atom stereocenters. The lowest BCUT2D eigenvalue weighted by Crippen LogP contribution is -2.22. The lowest BCUT2D eigenvalue weighted by atomic mass is 10.2. The number of amides is 1. The summed E-state index contributed by atoms with van der Waals surface area (Å²) in [6, 6.07) is 8.02. The molecule has 1 heterocycles. The van der Waals surface area contributed by atoms with Gasteiger partial charge in [0.1, 0.15) is 6.54 Å². The summed E-state index contributed by atoms with van der Waals surface area (Å²) < 4.78 is 2.98. The van der Waals surface area contributed by atoms with Gasteiger partial charge in [-0.2, -0.15) is 0 Å². The van der Waals surface area contributed by atoms with E-state index in [2.05, 4.69) is 21.2 Å². The van der Waals surface area contributed by atoms with Crippen molar-refractivity contribution in [3.05, 3.63) is 34.9 Å². The Morgan fingerprint density at radius 2 is 2.27 bits per heavy atom. The normalized spacial score (nSPS) is 10.5. The third kappa shape index (κ3) is 2.04. The van der Waals surface area contributed by atoms with E-state index in [9.17, 15) is 4.79 Å². The maximum atomic E-state index is 11.2. The molecule has 1 aromatic heterocycles. The fourth-order valence-electron chi connectivity index (χ4n) is 1.54. The second-order valence-electron chi connectivity index (χ2n) is 3.32. The van der Waals surface area contributed by atoms with Crippen LogP contribution in [-0.4, -0.2) is 17.5 Å². The summed E-state index contributed by atoms with van der Waals surface area (Å²) in [5.41, 5.74) is 1.07. The van der Waals surface area contributed by atoms with Crippen molar-refractivity contribution in [1.29, 1.82) is 0 Å². The second kappa shape index (κ2) is 4.06. The molecule has 0 fully saturated rings. The lowest BCUT2D eigenvalue weighted by molar-refractivity contribution is -0.121. The third-order valence-corrected chi connectivity index (χ3v) is 2.82. The van der Waals surface area contributed by atoms with Crippen molar-refractivity contribution in [3.63, 3.8) is 0 Å². The first-order chi connectivity index (χ1) is 7.20. The summed E-state index contributed by atoms with van der Waals surface area (Å²) in [4.78, 5) is 11.2. The Morgan fingerprint density at radius 3 is 3.00 bits per heavy atom. The molecule has 0 spiro atoms. The van der Waals surface area contributed by atoms with Crippen LogP contribution in [0.4, 0.5) is 0 Å². The van der Waals surface area contributed by atoms with Gasteiger partial charge >= 0.3 is 0 Å². The van der Waals surface area contributed by atoms with E-state index < -0.39 is 0 Å². The molecular weight excluding hydrogens is 256 g/mol. The Kier molecular flexibility index (Phi) is 2.77. The van der Waals surface area contributed by atoms with Crippen LogP contribution in [0.3, 0.4) is 0 Å². The number of halogens is 1. The van der Waals surface area contributed by atoms with Gasteiger partial charge in [-0.25, -0.2) is 0 Å². The van der Waals surface area contributed by atoms with Crippen LogP contribution in [0.2, 0.25) is 0 Å². The molecule has 15 heavy (non-hydrogen) atoms. The maximum absolute atomic E-state index is 11.2. The van der Waals surface area contributed by atoms with Crippen molar-refractivity contribution >= 4 is 32.7 Å². The molecule has 0 aliphatic carbocycles. The van der Waals surface area contributed by atoms with Crippen molar-refractivity contribution in [2.75, 3.05) is 7.05 Å². The van der Waals surface area contributed by atoms with Crippen LogP contribution < -0.4 is 5.32 Å². The number of hydrogen-bond donors (Lipinski definition) is 1. The molecular formula is C11H11BrN2O. The number of carbonyl (C=O) groups excluding carboxylic acids is 1. The number of hydrogen-bond acceptors (Lipinski definition) is 1. The van der Waals surface area contributed by atoms with E-state index in [1.165, 1.54) is 0 Å². The molecule has 78 valence electrons. The average molecular weight is 267 g/mol. The van der Waals surface area contributed by atoms with Crippen LogP contribution >= 0.6 is 15.9 Å². The zero-order chi connectivity index (χ0) is 10.8. The first-order valence-electron chi connectivity index (χ1n) is 4.65. The van der Waals surface area contributed by atoms with Crippen molar-refractivity contribution in [3.8, 4) is 0 Å². The Morgan fingerprint density at radius 1 is 1.47 bits per heavy atom. The standard InChI is InChI=1S/C11H11BrN2O/c1-13-11(15)7-14-5-4-8-6-9(12)2-3-10(8)14/h2-6H,7H2,1H3,(H,13,15). The molecule has 1 N–H and O–H groups in total. The van der Waals surface area contributed by atoms with Gasteiger partial charge in [-0.3, -0.25) is 4.79 Å². The van der Waals surface area contributed by atoms with E-state index in [-0.39, 0.29) is 5.91 Å². The number of rotatable bonds is 2. The molecule has 1 amide bonds. The summed E-state index contributed by atoms with van der Waals surface area (Å²) in [6.45, 7) is 0.363. The number of aromatic nitrogens is 1. The van der Waals surface area contributed by atoms with E-state index in [0.29, 0.717) is 6.54 Å². The van der Waals surface area contributed by atoms with E-state index in [1.54, 1.807) is 7.05 Å². The van der Waals surface area contributed by atoms with Crippen LogP contribution in [0.25, 0.3) is 10.9 Å². The van der Waals surface area contributed by atoms with Gasteiger partial charge in [0, 0.05) is 28.6 Å². The van der Waals surface area contributed by atoms with E-state index in [1.807, 2.05) is 35.0 Å². The number of likely N-dealkylation sites (N-methyl/N-ethyl adjacent to an activating group) is 1. The Balaban J connectivity index is 2.41. The first kappa shape index (κ1) is 10.2. The molecule has 0 radical (unpaired) electrons. The molecule has 1 aromatic carbocycles. The maximum Gasteiger partial charge on any atom is 0.239 e. The van der Waals surface area contributed by atoms with Crippen LogP contribution in [0.5, 0.6) is 0 Å². The summed E-state index contributed by atoms with van der Waals surface area (Å²) in [6.07, 6.45) is 1.92. The summed E-state index contributed by atoms with van der Waals surface area (Å²) in [5, 5.41) is 3.74. The zero-order valence-corrected chi connectivity index (χ0v) is 9.91. The number of nitrogens with one attached hydrogen (secondary N) is 1. The number of carbonyl (C=O) groups is 1. The highest BCUT2D eigenvalue weighted by molar-refractivity contribution is 9.10. The van der Waals surface area contributed by atoms with Crippen LogP contribution in [-0.2, 0) is 11.3 Å². The van der Waals surface area contributed by atoms with Crippen molar-refractivity contribution in [2.45, 2.75) is 6.54 Å². The first-order valence-corrected chi connectivity index (χ1v) is 5.45. The minimum atomic E-state index is 0.00965. The Labute approximate surface area is 96.2 Å². The van der Waals surface area contributed by atoms with E-state index in [0.717, 1.165) is 15.4 Å². The summed E-state index contributed by atoms with van der Waals surface area (Å²) >= 11 is 3.42. The molecule has 2 aromatic rings. The molecule has 4 heteroatoms. The highest BCUT2D eigenvalue weighted by Crippen LogP contribution is 2.20. The molecule has 0 saturated carbocycles. The summed E-state index contributed by atoms with van der Waals surface area (Å²) in [5.74, 6) is 0.00965. The minimum Gasteiger partial charge on any atom is -0.358 e. The smallest absolute Gasteiger partial charge is 0.239 e. The second-order valence-corrected chi connectivity index (χ2v) is 4.24. The Bertz CT molecular complexity index is 504. The van der Waals surface area contributed by atoms with Gasteiger partial charge in [0.05, 0.1) is 0 Å². The number of benzene rings is 1. The van der Waals surface area contributed by atoms with Gasteiger partial charge in [-0.1, -0.05) is 15.9 Å². The zero-order valence-electron chi connectivity index (χ0n) is 8.33. The largest absolute Gasteiger partial charge is 0.358 e. The number of nitrogens with zero attached hydrogens (tertiary/aromatic N) is 1. The predicted octanol–water partition coefficient (Wildman–Crippen LogP) is 2.15. The molecule has 0 saturated heterocycles. The molecule has 3 nitrogen and oxygen atoms in total. The molecule has 0 aliphatic heterocycles. The Hall–Kier alpha value is -1.29. The summed E-state index contributed by atoms with van der Waals surface area (Å²) in [7, 11) is 1.64. The lowest BCUT2D eigenvalue weighted by Gasteiger charge is -2.03.